The Morgan fingerprint density at radius 3 is 1.18 bits per heavy atom. The van der Waals surface area contributed by atoms with Crippen molar-refractivity contribution in [3.05, 3.63) is 262 Å². The molecule has 6 aromatic carbocycles. The van der Waals surface area contributed by atoms with Crippen LogP contribution in [0, 0.1) is 49.4 Å². The van der Waals surface area contributed by atoms with Gasteiger partial charge in [0.1, 0.15) is 27.7 Å². The van der Waals surface area contributed by atoms with Crippen molar-refractivity contribution in [1.82, 2.24) is 35.0 Å². The third kappa shape index (κ3) is 20.8. The Hall–Kier alpha value is -8.99. The van der Waals surface area contributed by atoms with Gasteiger partial charge in [-0.1, -0.05) is 138 Å². The predicted molar refractivity (Wildman–Crippen MR) is 399 cm³/mol. The summed E-state index contributed by atoms with van der Waals surface area (Å²) >= 11 is 0. The summed E-state index contributed by atoms with van der Waals surface area (Å²) in [7, 11) is -10.7. The van der Waals surface area contributed by atoms with Crippen molar-refractivity contribution in [3.63, 3.8) is 0 Å². The third-order valence-corrected chi connectivity index (χ3v) is 23.6. The number of nitrogens with one attached hydrogen (secondary N) is 1. The average molecular weight is 1380 g/mol. The number of nitrogens with zero attached hydrogens (tertiary/aromatic N) is 6. The molecule has 1 saturated heterocycles. The molecular weight excluding hydrogens is 1290 g/mol. The van der Waals surface area contributed by atoms with Crippen molar-refractivity contribution in [2.24, 2.45) is 0 Å². The zero-order chi connectivity index (χ0) is 69.8. The molecule has 9 aromatic rings. The van der Waals surface area contributed by atoms with Gasteiger partial charge in [-0.2, -0.15) is 0 Å². The fourth-order valence-corrected chi connectivity index (χ4v) is 16.9. The fourth-order valence-electron chi connectivity index (χ4n) is 11.2. The molecule has 3 atom stereocenters. The van der Waals surface area contributed by atoms with E-state index in [2.05, 4.69) is 55.5 Å². The zero-order valence-corrected chi connectivity index (χ0v) is 60.4. The maximum atomic E-state index is 15.5. The smallest absolute Gasteiger partial charge is 0.407 e. The molecule has 3 unspecified atom stereocenters. The van der Waals surface area contributed by atoms with Gasteiger partial charge in [-0.05, 0) is 171 Å². The number of amides is 1. The normalized spacial score (nSPS) is 14.9. The Morgan fingerprint density at radius 2 is 0.808 bits per heavy atom. The van der Waals surface area contributed by atoms with Gasteiger partial charge in [0.25, 0.3) is 14.7 Å². The van der Waals surface area contributed by atoms with Crippen LogP contribution in [0.15, 0.2) is 200 Å². The zero-order valence-electron chi connectivity index (χ0n) is 57.7. The molecule has 15 nitrogen and oxygen atoms in total. The first kappa shape index (κ1) is 72.7. The maximum Gasteiger partial charge on any atom is 0.407 e. The second-order valence-electron chi connectivity index (χ2n) is 25.5. The third-order valence-electron chi connectivity index (χ3n) is 16.3. The molecule has 1 aliphatic rings. The molecule has 10 rings (SSSR count). The number of hydrogen-bond acceptors (Lipinski definition) is 14. The average Bonchev–Trinajstić information content (AvgIpc) is 0.872. The lowest BCUT2D eigenvalue weighted by molar-refractivity contribution is 0.0525. The number of carbonyl (C=O) groups is 1. The first-order valence-electron chi connectivity index (χ1n) is 33.6. The van der Waals surface area contributed by atoms with Crippen LogP contribution in [0.25, 0.3) is 0 Å². The molecule has 4 heterocycles. The van der Waals surface area contributed by atoms with Gasteiger partial charge >= 0.3 is 6.09 Å². The number of alkyl carbamates (subject to hydrolysis) is 1. The molecule has 1 N–H and O–H groups in total. The molecule has 0 aliphatic carbocycles. The number of aromatic nitrogens is 3. The molecule has 3 aromatic heterocycles. The molecule has 18 heteroatoms. The molecule has 1 fully saturated rings. The molecule has 0 spiro atoms. The van der Waals surface area contributed by atoms with E-state index in [9.17, 15) is 4.79 Å². The minimum absolute atomic E-state index is 0.181. The molecule has 0 saturated carbocycles. The van der Waals surface area contributed by atoms with Gasteiger partial charge in [-0.25, -0.2) is 19.7 Å². The Balaban J connectivity index is 1.01. The van der Waals surface area contributed by atoms with E-state index >= 15 is 13.7 Å². The summed E-state index contributed by atoms with van der Waals surface area (Å²) in [6.45, 7) is 20.9. The van der Waals surface area contributed by atoms with Crippen molar-refractivity contribution in [3.8, 4) is 41.3 Å². The van der Waals surface area contributed by atoms with Crippen molar-refractivity contribution in [2.75, 3.05) is 72.3 Å². The van der Waals surface area contributed by atoms with Gasteiger partial charge in [0, 0.05) is 115 Å². The number of benzene rings is 6. The number of rotatable bonds is 21. The van der Waals surface area contributed by atoms with Gasteiger partial charge in [-0.15, -0.1) is 0 Å². The summed E-state index contributed by atoms with van der Waals surface area (Å²) in [5.41, 5.74) is 9.26. The number of hydrogen-bond donors (Lipinski definition) is 1. The van der Waals surface area contributed by atoms with E-state index in [1.165, 1.54) is 0 Å². The minimum Gasteiger partial charge on any atom is -0.494 e. The summed E-state index contributed by atoms with van der Waals surface area (Å²) in [6.07, 6.45) is 0.118. The maximum absolute atomic E-state index is 15.5. The van der Waals surface area contributed by atoms with Gasteiger partial charge in [0.15, 0.2) is 7.14 Å². The van der Waals surface area contributed by atoms with E-state index in [0.717, 1.165) is 33.5 Å². The summed E-state index contributed by atoms with van der Waals surface area (Å²) < 4.78 is 69.9. The minimum atomic E-state index is -3.76. The lowest BCUT2D eigenvalue weighted by Crippen LogP contribution is -2.36. The van der Waals surface area contributed by atoms with Crippen LogP contribution in [0.3, 0.4) is 0 Å². The Bertz CT molecular complexity index is 4580. The van der Waals surface area contributed by atoms with Crippen LogP contribution in [-0.4, -0.2) is 114 Å². The molecule has 99 heavy (non-hydrogen) atoms. The Kier molecular flexibility index (Phi) is 25.1. The highest BCUT2D eigenvalue weighted by Crippen LogP contribution is 2.45. The van der Waals surface area contributed by atoms with E-state index in [-0.39, 0.29) is 18.6 Å². The highest BCUT2D eigenvalue weighted by Gasteiger charge is 2.33. The summed E-state index contributed by atoms with van der Waals surface area (Å²) in [4.78, 5) is 34.9. The van der Waals surface area contributed by atoms with Crippen LogP contribution in [0.5, 0.6) is 5.75 Å². The molecular formula is C81H86N7O8P3. The van der Waals surface area contributed by atoms with Gasteiger partial charge in [0.2, 0.25) is 0 Å². The van der Waals surface area contributed by atoms with Crippen LogP contribution < -0.4 is 42.3 Å². The molecule has 508 valence electrons. The van der Waals surface area contributed by atoms with Gasteiger partial charge in [0.05, 0.1) is 36.9 Å². The van der Waals surface area contributed by atoms with Crippen LogP contribution in [0.1, 0.15) is 103 Å². The summed E-state index contributed by atoms with van der Waals surface area (Å²) in [5, 5.41) is 4.54. The van der Waals surface area contributed by atoms with Crippen molar-refractivity contribution in [1.29, 1.82) is 0 Å². The molecule has 0 bridgehead atoms. The molecule has 0 radical (unpaired) electrons. The quantitative estimate of drug-likeness (QED) is 0.0410. The number of aryl methyl sites for hydroxylation is 2. The van der Waals surface area contributed by atoms with Crippen LogP contribution in [-0.2, 0) is 47.1 Å². The highest BCUT2D eigenvalue weighted by molar-refractivity contribution is 7.77. The number of ether oxygens (including phenoxy) is 2. The first-order chi connectivity index (χ1) is 47.7. The first-order valence-corrected chi connectivity index (χ1v) is 39.0. The predicted octanol–water partition coefficient (Wildman–Crippen LogP) is 12.3. The Morgan fingerprint density at radius 1 is 0.465 bits per heavy atom. The monoisotopic (exact) mass is 1380 g/mol. The summed E-state index contributed by atoms with van der Waals surface area (Å²) in [6, 6.07) is 63.1. The van der Waals surface area contributed by atoms with E-state index in [1.807, 2.05) is 237 Å². The topological polar surface area (TPSA) is 166 Å². The van der Waals surface area contributed by atoms with Crippen LogP contribution in [0.4, 0.5) is 4.79 Å². The fraction of sp³-hybridized carbons (Fsp3) is 0.284. The highest BCUT2D eigenvalue weighted by atomic mass is 31.2. The SMILES string of the molecule is CCOP(=O)(c1ccccc1)c1cc(C#Cc2ccc(C)cc2)cc(CN2CCN(Cc3cc(C#Cc4ccc(C)cc4)cc(P(C)(=O)c4ccccc4)n3)CCN(Cc3cc(C#Cc4ccc(OCCCNC(=O)OC(C)(C)C)cc4)cc(P(=O)(OCC)c4ccccc4)n3)CC2)n1. The lowest BCUT2D eigenvalue weighted by Gasteiger charge is -2.26. The number of pyridine rings is 3. The van der Waals surface area contributed by atoms with Crippen LogP contribution in [0.2, 0.25) is 0 Å². The second-order valence-corrected chi connectivity index (χ2v) is 32.9. The second kappa shape index (κ2) is 34.2. The summed E-state index contributed by atoms with van der Waals surface area (Å²) in [5.74, 6) is 20.9. The molecule has 1 amide bonds. The van der Waals surface area contributed by atoms with E-state index in [1.54, 1.807) is 18.8 Å². The number of carbonyl (C=O) groups excluding carboxylic acids is 1. The molecule has 1 aliphatic heterocycles. The van der Waals surface area contributed by atoms with Crippen LogP contribution >= 0.6 is 21.9 Å². The van der Waals surface area contributed by atoms with E-state index in [4.69, 9.17) is 33.5 Å². The standard InChI is InChI=1S/C81H86N7O8P3/c1-9-94-98(91,75-23-16-12-17-24-75)78-57-68(39-36-65-33-29-63(4)30-34-65)54-71(84-78)60-87-48-46-86(59-70-53-67(38-35-64-31-27-62(3)28-32-64)56-77(83-70)97(8,90)74-21-14-11-15-22-74)47-49-88(51-50-87)61-72-55-69(58-79(85-72)99(92,95-10-2)76-25-18-13-19-26-76)40-37-66-41-43-73(44-42-66)93-52-20-45-82-80(89)96-81(5,6)7/h11-19,21-34,41-44,53-58H,9-10,20,45-52,59-61H2,1-8H3,(H,82,89). The van der Waals surface area contributed by atoms with Crippen molar-refractivity contribution < 1.29 is 37.0 Å². The Labute approximate surface area is 584 Å². The van der Waals surface area contributed by atoms with E-state index < -0.39 is 33.6 Å². The lowest BCUT2D eigenvalue weighted by atomic mass is 10.1. The van der Waals surface area contributed by atoms with Crippen molar-refractivity contribution in [2.45, 2.75) is 80.1 Å². The van der Waals surface area contributed by atoms with Gasteiger partial charge in [-0.3, -0.25) is 23.8 Å². The van der Waals surface area contributed by atoms with E-state index in [0.29, 0.717) is 139 Å². The van der Waals surface area contributed by atoms with Gasteiger partial charge < -0.3 is 28.4 Å². The van der Waals surface area contributed by atoms with Crippen molar-refractivity contribution >= 4 is 60.2 Å². The largest absolute Gasteiger partial charge is 0.494 e.